The molecule has 0 aliphatic heterocycles. The van der Waals surface area contributed by atoms with Gasteiger partial charge in [0, 0.05) is 37.5 Å². The summed E-state index contributed by atoms with van der Waals surface area (Å²) in [6.45, 7) is 5.19. The van der Waals surface area contributed by atoms with Gasteiger partial charge in [-0.3, -0.25) is 9.59 Å². The molecule has 1 fully saturated rings. The van der Waals surface area contributed by atoms with E-state index in [1.54, 1.807) is 6.20 Å². The average molecular weight is 347 g/mol. The van der Waals surface area contributed by atoms with Crippen molar-refractivity contribution in [1.82, 2.24) is 20.6 Å². The lowest BCUT2D eigenvalue weighted by Gasteiger charge is -2.31. The lowest BCUT2D eigenvalue weighted by atomic mass is 9.95. The van der Waals surface area contributed by atoms with Crippen LogP contribution in [0.1, 0.15) is 63.3 Å². The fourth-order valence-corrected chi connectivity index (χ4v) is 3.27. The Balaban J connectivity index is 2.00. The number of nitrogens with zero attached hydrogens (tertiary/aromatic N) is 3. The van der Waals surface area contributed by atoms with Gasteiger partial charge in [-0.25, -0.2) is 9.97 Å². The molecular formula is C18H29N5O2. The van der Waals surface area contributed by atoms with Crippen molar-refractivity contribution in [2.75, 3.05) is 18.5 Å². The van der Waals surface area contributed by atoms with E-state index in [-0.39, 0.29) is 24.4 Å². The van der Waals surface area contributed by atoms with Gasteiger partial charge >= 0.3 is 0 Å². The molecule has 0 saturated heterocycles. The van der Waals surface area contributed by atoms with Crippen LogP contribution < -0.4 is 15.5 Å². The summed E-state index contributed by atoms with van der Waals surface area (Å²) >= 11 is 0. The average Bonchev–Trinajstić information content (AvgIpc) is 2.59. The Morgan fingerprint density at radius 3 is 2.60 bits per heavy atom. The molecule has 1 atom stereocenters. The third-order valence-corrected chi connectivity index (χ3v) is 4.78. The SMILES string of the molecule is CC(=O)NCC(=O)N[C@@H](C)c1cnc(N(C)C2CCCCC2)nc1C. The summed E-state index contributed by atoms with van der Waals surface area (Å²) in [6.07, 6.45) is 8.03. The molecule has 2 N–H and O–H groups in total. The highest BCUT2D eigenvalue weighted by Crippen LogP contribution is 2.25. The van der Waals surface area contributed by atoms with E-state index in [0.717, 1.165) is 17.2 Å². The monoisotopic (exact) mass is 347 g/mol. The van der Waals surface area contributed by atoms with Gasteiger partial charge < -0.3 is 15.5 Å². The second-order valence-corrected chi connectivity index (χ2v) is 6.81. The highest BCUT2D eigenvalue weighted by atomic mass is 16.2. The normalized spacial score (nSPS) is 16.2. The highest BCUT2D eigenvalue weighted by molar-refractivity contribution is 5.83. The first-order valence-electron chi connectivity index (χ1n) is 8.98. The Morgan fingerprint density at radius 2 is 2.00 bits per heavy atom. The van der Waals surface area contributed by atoms with Crippen molar-refractivity contribution < 1.29 is 9.59 Å². The van der Waals surface area contributed by atoms with Crippen LogP contribution in [-0.2, 0) is 9.59 Å². The summed E-state index contributed by atoms with van der Waals surface area (Å²) in [5.41, 5.74) is 1.75. The quantitative estimate of drug-likeness (QED) is 0.820. The maximum Gasteiger partial charge on any atom is 0.239 e. The molecule has 138 valence electrons. The lowest BCUT2D eigenvalue weighted by Crippen LogP contribution is -2.37. The molecule has 1 heterocycles. The van der Waals surface area contributed by atoms with Gasteiger partial charge in [-0.1, -0.05) is 19.3 Å². The van der Waals surface area contributed by atoms with Gasteiger partial charge in [-0.2, -0.15) is 0 Å². The molecule has 0 aromatic carbocycles. The van der Waals surface area contributed by atoms with Gasteiger partial charge in [0.25, 0.3) is 0 Å². The predicted octanol–water partition coefficient (Wildman–Crippen LogP) is 1.87. The Morgan fingerprint density at radius 1 is 1.32 bits per heavy atom. The van der Waals surface area contributed by atoms with Crippen molar-refractivity contribution in [3.8, 4) is 0 Å². The fourth-order valence-electron chi connectivity index (χ4n) is 3.27. The van der Waals surface area contributed by atoms with Gasteiger partial charge in [0.1, 0.15) is 0 Å². The number of aromatic nitrogens is 2. The van der Waals surface area contributed by atoms with Crippen LogP contribution in [0.2, 0.25) is 0 Å². The molecule has 1 aromatic heterocycles. The fraction of sp³-hybridized carbons (Fsp3) is 0.667. The van der Waals surface area contributed by atoms with Crippen LogP contribution in [0.5, 0.6) is 0 Å². The Bertz CT molecular complexity index is 613. The van der Waals surface area contributed by atoms with Crippen LogP contribution >= 0.6 is 0 Å². The van der Waals surface area contributed by atoms with Crippen LogP contribution in [0.25, 0.3) is 0 Å². The number of anilines is 1. The van der Waals surface area contributed by atoms with Crippen molar-refractivity contribution in [1.29, 1.82) is 0 Å². The molecule has 0 radical (unpaired) electrons. The molecule has 0 spiro atoms. The third kappa shape index (κ3) is 5.41. The number of hydrogen-bond donors (Lipinski definition) is 2. The zero-order valence-corrected chi connectivity index (χ0v) is 15.6. The standard InChI is InChI=1S/C18H29N5O2/c1-12(21-17(25)11-19-14(3)24)16-10-20-18(22-13(16)2)23(4)15-8-6-5-7-9-15/h10,12,15H,5-9,11H2,1-4H3,(H,19,24)(H,21,25)/t12-/m0/s1. The summed E-state index contributed by atoms with van der Waals surface area (Å²) < 4.78 is 0. The van der Waals surface area contributed by atoms with Crippen molar-refractivity contribution in [3.63, 3.8) is 0 Å². The summed E-state index contributed by atoms with van der Waals surface area (Å²) in [5.74, 6) is 0.285. The largest absolute Gasteiger partial charge is 0.348 e. The lowest BCUT2D eigenvalue weighted by molar-refractivity contribution is -0.125. The molecule has 1 aliphatic rings. The van der Waals surface area contributed by atoms with E-state index in [0.29, 0.717) is 6.04 Å². The minimum atomic E-state index is -0.231. The Hall–Kier alpha value is -2.18. The first-order chi connectivity index (χ1) is 11.9. The molecule has 2 amide bonds. The number of carbonyl (C=O) groups excluding carboxylic acids is 2. The number of carbonyl (C=O) groups is 2. The van der Waals surface area contributed by atoms with Crippen molar-refractivity contribution in [2.24, 2.45) is 0 Å². The first kappa shape index (κ1) is 19.1. The Labute approximate surface area is 149 Å². The minimum Gasteiger partial charge on any atom is -0.348 e. The molecule has 2 rings (SSSR count). The van der Waals surface area contributed by atoms with Crippen LogP contribution in [-0.4, -0.2) is 41.4 Å². The van der Waals surface area contributed by atoms with E-state index in [9.17, 15) is 9.59 Å². The number of nitrogens with one attached hydrogen (secondary N) is 2. The molecular weight excluding hydrogens is 318 g/mol. The van der Waals surface area contributed by atoms with Crippen LogP contribution in [0.4, 0.5) is 5.95 Å². The molecule has 0 bridgehead atoms. The third-order valence-electron chi connectivity index (χ3n) is 4.78. The first-order valence-corrected chi connectivity index (χ1v) is 8.98. The summed E-state index contributed by atoms with van der Waals surface area (Å²) in [6, 6.07) is 0.295. The molecule has 1 aromatic rings. The van der Waals surface area contributed by atoms with Crippen molar-refractivity contribution in [2.45, 2.75) is 65.0 Å². The van der Waals surface area contributed by atoms with Crippen LogP contribution in [0.3, 0.4) is 0 Å². The molecule has 0 unspecified atom stereocenters. The number of hydrogen-bond acceptors (Lipinski definition) is 5. The summed E-state index contributed by atoms with van der Waals surface area (Å²) in [7, 11) is 2.06. The second-order valence-electron chi connectivity index (χ2n) is 6.81. The van der Waals surface area contributed by atoms with Crippen LogP contribution in [0, 0.1) is 6.92 Å². The van der Waals surface area contributed by atoms with Gasteiger partial charge in [-0.15, -0.1) is 0 Å². The zero-order chi connectivity index (χ0) is 18.4. The van der Waals surface area contributed by atoms with E-state index in [4.69, 9.17) is 0 Å². The molecule has 25 heavy (non-hydrogen) atoms. The van der Waals surface area contributed by atoms with E-state index in [1.165, 1.54) is 39.0 Å². The van der Waals surface area contributed by atoms with Crippen molar-refractivity contribution >= 4 is 17.8 Å². The van der Waals surface area contributed by atoms with Gasteiger partial charge in [0.05, 0.1) is 12.6 Å². The van der Waals surface area contributed by atoms with E-state index < -0.39 is 0 Å². The zero-order valence-electron chi connectivity index (χ0n) is 15.6. The van der Waals surface area contributed by atoms with E-state index in [2.05, 4.69) is 32.5 Å². The predicted molar refractivity (Wildman–Crippen MR) is 97.3 cm³/mol. The molecule has 1 aliphatic carbocycles. The molecule has 7 nitrogen and oxygen atoms in total. The molecule has 7 heteroatoms. The van der Waals surface area contributed by atoms with Gasteiger partial charge in [0.15, 0.2) is 0 Å². The van der Waals surface area contributed by atoms with Crippen molar-refractivity contribution in [3.05, 3.63) is 17.5 Å². The van der Waals surface area contributed by atoms with E-state index >= 15 is 0 Å². The minimum absolute atomic E-state index is 0.0257. The van der Waals surface area contributed by atoms with Gasteiger partial charge in [0.2, 0.25) is 17.8 Å². The summed E-state index contributed by atoms with van der Waals surface area (Å²) in [4.78, 5) is 34.1. The maximum atomic E-state index is 11.8. The maximum absolute atomic E-state index is 11.8. The molecule has 1 saturated carbocycles. The van der Waals surface area contributed by atoms with Crippen LogP contribution in [0.15, 0.2) is 6.20 Å². The second kappa shape index (κ2) is 8.78. The number of amides is 2. The topological polar surface area (TPSA) is 87.2 Å². The smallest absolute Gasteiger partial charge is 0.239 e. The summed E-state index contributed by atoms with van der Waals surface area (Å²) in [5, 5.41) is 5.35. The van der Waals surface area contributed by atoms with E-state index in [1.807, 2.05) is 13.8 Å². The number of aryl methyl sites for hydroxylation is 1. The highest BCUT2D eigenvalue weighted by Gasteiger charge is 2.21. The number of rotatable bonds is 6. The van der Waals surface area contributed by atoms with Gasteiger partial charge in [-0.05, 0) is 26.7 Å². The Kier molecular flexibility index (Phi) is 6.73.